The Bertz CT molecular complexity index is 1080. The molecule has 2 aromatic carbocycles. The molecule has 0 spiro atoms. The number of aryl methyl sites for hydroxylation is 2. The molecule has 9 heteroatoms. The minimum absolute atomic E-state index is 0.266. The largest absolute Gasteiger partial charge is 0.493 e. The van der Waals surface area contributed by atoms with Gasteiger partial charge >= 0.3 is 5.97 Å². The Morgan fingerprint density at radius 3 is 2.03 bits per heavy atom. The van der Waals surface area contributed by atoms with Gasteiger partial charge in [-0.15, -0.1) is 0 Å². The monoisotopic (exact) mass is 436 g/mol. The number of aromatic nitrogens is 2. The first-order valence-corrected chi connectivity index (χ1v) is 9.67. The minimum atomic E-state index is -0.556. The highest BCUT2D eigenvalue weighted by Crippen LogP contribution is 2.38. The zero-order chi connectivity index (χ0) is 23.1. The van der Waals surface area contributed by atoms with Gasteiger partial charge in [0.15, 0.2) is 11.5 Å². The van der Waals surface area contributed by atoms with E-state index in [0.29, 0.717) is 28.9 Å². The van der Waals surface area contributed by atoms with Gasteiger partial charge in [-0.25, -0.2) is 20.2 Å². The standard InChI is InChI=1S/C23H24N4O5/c1-14-10-15(2)26-23(25-14)27-24-13-16-6-8-18(9-7-16)32-22(28)17-11-19(29-3)21(31-5)20(12-17)30-4/h6-13H,1-5H3,(H,25,26,27). The lowest BCUT2D eigenvalue weighted by Crippen LogP contribution is -2.09. The number of ether oxygens (including phenoxy) is 4. The van der Waals surface area contributed by atoms with Crippen molar-refractivity contribution < 1.29 is 23.7 Å². The molecule has 0 atom stereocenters. The van der Waals surface area contributed by atoms with Gasteiger partial charge in [-0.2, -0.15) is 5.10 Å². The topological polar surface area (TPSA) is 104 Å². The van der Waals surface area contributed by atoms with Crippen LogP contribution >= 0.6 is 0 Å². The lowest BCUT2D eigenvalue weighted by atomic mass is 10.2. The van der Waals surface area contributed by atoms with Crippen LogP contribution in [-0.4, -0.2) is 43.5 Å². The van der Waals surface area contributed by atoms with E-state index >= 15 is 0 Å². The van der Waals surface area contributed by atoms with Gasteiger partial charge in [-0.1, -0.05) is 0 Å². The Morgan fingerprint density at radius 2 is 1.50 bits per heavy atom. The van der Waals surface area contributed by atoms with E-state index < -0.39 is 5.97 Å². The third-order valence-corrected chi connectivity index (χ3v) is 4.35. The van der Waals surface area contributed by atoms with E-state index in [1.807, 2.05) is 19.9 Å². The highest BCUT2D eigenvalue weighted by Gasteiger charge is 2.18. The van der Waals surface area contributed by atoms with Crippen LogP contribution in [-0.2, 0) is 0 Å². The van der Waals surface area contributed by atoms with Crippen LogP contribution in [0.5, 0.6) is 23.0 Å². The number of nitrogens with zero attached hydrogens (tertiary/aromatic N) is 3. The number of carbonyl (C=O) groups excluding carboxylic acids is 1. The Kier molecular flexibility index (Phi) is 7.22. The molecule has 1 aromatic heterocycles. The number of hydrazone groups is 1. The second-order valence-corrected chi connectivity index (χ2v) is 6.72. The van der Waals surface area contributed by atoms with Crippen molar-refractivity contribution in [2.24, 2.45) is 5.10 Å². The van der Waals surface area contributed by atoms with E-state index in [2.05, 4.69) is 20.5 Å². The van der Waals surface area contributed by atoms with Crippen molar-refractivity contribution in [1.82, 2.24) is 9.97 Å². The molecule has 0 aliphatic carbocycles. The van der Waals surface area contributed by atoms with Crippen LogP contribution in [0, 0.1) is 13.8 Å². The zero-order valence-electron chi connectivity index (χ0n) is 18.5. The number of rotatable bonds is 8. The maximum Gasteiger partial charge on any atom is 0.343 e. The van der Waals surface area contributed by atoms with Gasteiger partial charge in [0.25, 0.3) is 0 Å². The van der Waals surface area contributed by atoms with Crippen LogP contribution in [0.25, 0.3) is 0 Å². The lowest BCUT2D eigenvalue weighted by molar-refractivity contribution is 0.0734. The molecule has 32 heavy (non-hydrogen) atoms. The molecule has 3 aromatic rings. The number of carbonyl (C=O) groups is 1. The van der Waals surface area contributed by atoms with E-state index in [0.717, 1.165) is 17.0 Å². The molecule has 1 N–H and O–H groups in total. The second-order valence-electron chi connectivity index (χ2n) is 6.72. The number of hydrogen-bond donors (Lipinski definition) is 1. The summed E-state index contributed by atoms with van der Waals surface area (Å²) in [6.45, 7) is 3.78. The number of nitrogens with one attached hydrogen (secondary N) is 1. The molecule has 1 heterocycles. The Morgan fingerprint density at radius 1 is 0.906 bits per heavy atom. The number of hydrogen-bond acceptors (Lipinski definition) is 9. The van der Waals surface area contributed by atoms with Crippen molar-refractivity contribution in [1.29, 1.82) is 0 Å². The van der Waals surface area contributed by atoms with Crippen molar-refractivity contribution in [3.8, 4) is 23.0 Å². The second kappa shape index (κ2) is 10.3. The lowest BCUT2D eigenvalue weighted by Gasteiger charge is -2.13. The average molecular weight is 436 g/mol. The number of esters is 1. The van der Waals surface area contributed by atoms with Crippen molar-refractivity contribution in [3.05, 3.63) is 65.0 Å². The molecule has 166 valence electrons. The van der Waals surface area contributed by atoms with Gasteiger partial charge in [-0.3, -0.25) is 0 Å². The van der Waals surface area contributed by atoms with Gasteiger partial charge in [0.2, 0.25) is 11.7 Å². The van der Waals surface area contributed by atoms with E-state index in [4.69, 9.17) is 18.9 Å². The van der Waals surface area contributed by atoms with E-state index in [1.54, 1.807) is 30.5 Å². The Balaban J connectivity index is 1.67. The third kappa shape index (κ3) is 5.51. The number of anilines is 1. The molecule has 0 bridgehead atoms. The van der Waals surface area contributed by atoms with Gasteiger partial charge in [0.1, 0.15) is 5.75 Å². The van der Waals surface area contributed by atoms with Crippen LogP contribution in [0.4, 0.5) is 5.95 Å². The summed E-state index contributed by atoms with van der Waals surface area (Å²) in [7, 11) is 4.45. The van der Waals surface area contributed by atoms with Gasteiger partial charge < -0.3 is 18.9 Å². The molecule has 3 rings (SSSR count). The summed E-state index contributed by atoms with van der Waals surface area (Å²) >= 11 is 0. The minimum Gasteiger partial charge on any atom is -0.493 e. The normalized spacial score (nSPS) is 10.7. The van der Waals surface area contributed by atoms with Crippen LogP contribution in [0.15, 0.2) is 47.6 Å². The molecule has 0 saturated heterocycles. The highest BCUT2D eigenvalue weighted by molar-refractivity contribution is 5.93. The van der Waals surface area contributed by atoms with Crippen molar-refractivity contribution in [2.45, 2.75) is 13.8 Å². The number of benzene rings is 2. The smallest absolute Gasteiger partial charge is 0.343 e. The van der Waals surface area contributed by atoms with Crippen molar-refractivity contribution in [3.63, 3.8) is 0 Å². The summed E-state index contributed by atoms with van der Waals surface area (Å²) in [5.41, 5.74) is 5.58. The Hall–Kier alpha value is -4.14. The first-order valence-electron chi connectivity index (χ1n) is 9.67. The molecular formula is C23H24N4O5. The van der Waals surface area contributed by atoms with Crippen LogP contribution in [0.1, 0.15) is 27.3 Å². The van der Waals surface area contributed by atoms with Crippen LogP contribution in [0.3, 0.4) is 0 Å². The molecule has 0 fully saturated rings. The predicted molar refractivity (Wildman–Crippen MR) is 120 cm³/mol. The Labute approximate surface area is 186 Å². The summed E-state index contributed by atoms with van der Waals surface area (Å²) in [6, 6.07) is 11.8. The summed E-state index contributed by atoms with van der Waals surface area (Å²) < 4.78 is 21.3. The maximum absolute atomic E-state index is 12.6. The van der Waals surface area contributed by atoms with E-state index in [9.17, 15) is 4.79 Å². The molecule has 0 aliphatic rings. The van der Waals surface area contributed by atoms with Crippen LogP contribution in [0.2, 0.25) is 0 Å². The fourth-order valence-corrected chi connectivity index (χ4v) is 2.93. The molecule has 0 unspecified atom stereocenters. The van der Waals surface area contributed by atoms with Gasteiger partial charge in [0, 0.05) is 11.4 Å². The van der Waals surface area contributed by atoms with Crippen LogP contribution < -0.4 is 24.4 Å². The molecule has 9 nitrogen and oxygen atoms in total. The van der Waals surface area contributed by atoms with Gasteiger partial charge in [-0.05, 0) is 61.9 Å². The predicted octanol–water partition coefficient (Wildman–Crippen LogP) is 3.78. The summed E-state index contributed by atoms with van der Waals surface area (Å²) in [6.07, 6.45) is 1.62. The SMILES string of the molecule is COc1cc(C(=O)Oc2ccc(C=NNc3nc(C)cc(C)n3)cc2)cc(OC)c1OC. The summed E-state index contributed by atoms with van der Waals surface area (Å²) in [5.74, 6) is 1.38. The number of methoxy groups -OCH3 is 3. The quantitative estimate of drug-likeness (QED) is 0.246. The first-order chi connectivity index (χ1) is 15.4. The zero-order valence-corrected chi connectivity index (χ0v) is 18.5. The average Bonchev–Trinajstić information content (AvgIpc) is 2.78. The van der Waals surface area contributed by atoms with Gasteiger partial charge in [0.05, 0.1) is 33.1 Å². The van der Waals surface area contributed by atoms with Crippen molar-refractivity contribution in [2.75, 3.05) is 26.8 Å². The molecule has 0 aliphatic heterocycles. The molecule has 0 amide bonds. The van der Waals surface area contributed by atoms with E-state index in [1.165, 1.54) is 33.5 Å². The fourth-order valence-electron chi connectivity index (χ4n) is 2.93. The maximum atomic E-state index is 12.6. The fraction of sp³-hybridized carbons (Fsp3) is 0.217. The third-order valence-electron chi connectivity index (χ3n) is 4.35. The molecule has 0 saturated carbocycles. The summed E-state index contributed by atoms with van der Waals surface area (Å²) in [4.78, 5) is 21.1. The molecular weight excluding hydrogens is 412 g/mol. The molecule has 0 radical (unpaired) electrons. The highest BCUT2D eigenvalue weighted by atomic mass is 16.5. The summed E-state index contributed by atoms with van der Waals surface area (Å²) in [5, 5.41) is 4.14. The van der Waals surface area contributed by atoms with E-state index in [-0.39, 0.29) is 5.56 Å². The first kappa shape index (κ1) is 22.5. The van der Waals surface area contributed by atoms with Crippen molar-refractivity contribution >= 4 is 18.1 Å².